The van der Waals surface area contributed by atoms with Gasteiger partial charge in [0.15, 0.2) is 23.0 Å². The summed E-state index contributed by atoms with van der Waals surface area (Å²) in [5, 5.41) is 10.6. The van der Waals surface area contributed by atoms with Crippen LogP contribution in [-0.2, 0) is 4.74 Å². The van der Waals surface area contributed by atoms with Gasteiger partial charge in [0, 0.05) is 11.1 Å². The zero-order chi connectivity index (χ0) is 20.4. The summed E-state index contributed by atoms with van der Waals surface area (Å²) in [7, 11) is 4.68. The summed E-state index contributed by atoms with van der Waals surface area (Å²) >= 11 is 0. The standard InChI is InChI=1S/C22H24O7/c1-9-10(2)18-12-7-14-20(28-8-27-14)22(26-5)16(12)15-11(17(9)29-18)6-13(23)19(24-3)21(15)25-4/h6-7,9-10,17-18,23H,8H2,1-5H3/t9-,10+,17+,18-/m0/s1. The molecule has 0 saturated carbocycles. The molecule has 7 heteroatoms. The van der Waals surface area contributed by atoms with Crippen molar-refractivity contribution >= 4 is 0 Å². The Balaban J connectivity index is 1.94. The summed E-state index contributed by atoms with van der Waals surface area (Å²) in [6.07, 6.45) is -0.358. The third-order valence-corrected chi connectivity index (χ3v) is 6.45. The molecule has 2 aromatic rings. The second-order valence-corrected chi connectivity index (χ2v) is 7.73. The van der Waals surface area contributed by atoms with Crippen molar-refractivity contribution in [1.82, 2.24) is 0 Å². The predicted octanol–water partition coefficient (Wildman–Crippen LogP) is 4.21. The van der Waals surface area contributed by atoms with E-state index < -0.39 is 0 Å². The van der Waals surface area contributed by atoms with Gasteiger partial charge in [-0.25, -0.2) is 0 Å². The fraction of sp³-hybridized carbons (Fsp3) is 0.455. The lowest BCUT2D eigenvalue weighted by Crippen LogP contribution is -2.14. The monoisotopic (exact) mass is 400 g/mol. The molecule has 7 nitrogen and oxygen atoms in total. The molecule has 29 heavy (non-hydrogen) atoms. The van der Waals surface area contributed by atoms with Gasteiger partial charge in [-0.15, -0.1) is 0 Å². The van der Waals surface area contributed by atoms with Crippen LogP contribution in [0.5, 0.6) is 34.5 Å². The highest BCUT2D eigenvalue weighted by molar-refractivity contribution is 5.89. The van der Waals surface area contributed by atoms with Crippen LogP contribution >= 0.6 is 0 Å². The van der Waals surface area contributed by atoms with E-state index in [0.29, 0.717) is 23.0 Å². The molecular formula is C22H24O7. The molecule has 3 heterocycles. The van der Waals surface area contributed by atoms with Crippen LogP contribution in [-0.4, -0.2) is 33.2 Å². The lowest BCUT2D eigenvalue weighted by atomic mass is 9.77. The Morgan fingerprint density at radius 1 is 0.828 bits per heavy atom. The van der Waals surface area contributed by atoms with Crippen molar-refractivity contribution < 1.29 is 33.5 Å². The molecule has 0 radical (unpaired) electrons. The lowest BCUT2D eigenvalue weighted by molar-refractivity contribution is 0.0312. The van der Waals surface area contributed by atoms with Gasteiger partial charge in [0.1, 0.15) is 0 Å². The minimum Gasteiger partial charge on any atom is -0.504 e. The summed E-state index contributed by atoms with van der Waals surface area (Å²) in [6.45, 7) is 4.49. The van der Waals surface area contributed by atoms with Crippen LogP contribution in [0.3, 0.4) is 0 Å². The Morgan fingerprint density at radius 2 is 1.41 bits per heavy atom. The number of hydrogen-bond donors (Lipinski definition) is 1. The van der Waals surface area contributed by atoms with Crippen molar-refractivity contribution in [1.29, 1.82) is 0 Å². The maximum atomic E-state index is 10.6. The van der Waals surface area contributed by atoms with E-state index in [-0.39, 0.29) is 42.3 Å². The fourth-order valence-corrected chi connectivity index (χ4v) is 4.90. The second kappa shape index (κ2) is 6.35. The molecule has 1 saturated heterocycles. The van der Waals surface area contributed by atoms with Crippen LogP contribution in [0.4, 0.5) is 0 Å². The molecular weight excluding hydrogens is 376 g/mol. The molecule has 2 aromatic carbocycles. The number of phenols is 1. The van der Waals surface area contributed by atoms with E-state index in [4.69, 9.17) is 28.4 Å². The molecule has 0 aromatic heterocycles. The number of benzene rings is 2. The van der Waals surface area contributed by atoms with Gasteiger partial charge < -0.3 is 33.5 Å². The first-order valence-corrected chi connectivity index (χ1v) is 9.65. The van der Waals surface area contributed by atoms with Crippen molar-refractivity contribution in [2.45, 2.75) is 26.1 Å². The van der Waals surface area contributed by atoms with E-state index in [1.165, 1.54) is 7.11 Å². The van der Waals surface area contributed by atoms with E-state index in [1.54, 1.807) is 20.3 Å². The highest BCUT2D eigenvalue weighted by atomic mass is 16.7. The molecule has 0 unspecified atom stereocenters. The predicted molar refractivity (Wildman–Crippen MR) is 104 cm³/mol. The summed E-state index contributed by atoms with van der Waals surface area (Å²) in [4.78, 5) is 0. The highest BCUT2D eigenvalue weighted by Gasteiger charge is 2.48. The zero-order valence-electron chi connectivity index (χ0n) is 17.1. The van der Waals surface area contributed by atoms with Crippen molar-refractivity contribution in [2.24, 2.45) is 11.8 Å². The van der Waals surface area contributed by atoms with E-state index in [0.717, 1.165) is 22.3 Å². The summed E-state index contributed by atoms with van der Waals surface area (Å²) < 4.78 is 35.0. The first-order chi connectivity index (χ1) is 14.0. The van der Waals surface area contributed by atoms with Crippen LogP contribution in [0.15, 0.2) is 12.1 Å². The molecule has 154 valence electrons. The zero-order valence-corrected chi connectivity index (χ0v) is 17.1. The number of fused-ring (bicyclic) bond motifs is 8. The molecule has 0 amide bonds. The number of rotatable bonds is 3. The van der Waals surface area contributed by atoms with Crippen LogP contribution < -0.4 is 23.7 Å². The van der Waals surface area contributed by atoms with Crippen LogP contribution in [0, 0.1) is 11.8 Å². The molecule has 2 bridgehead atoms. The van der Waals surface area contributed by atoms with Gasteiger partial charge in [0.2, 0.25) is 18.3 Å². The first kappa shape index (κ1) is 18.2. The fourth-order valence-electron chi connectivity index (χ4n) is 4.90. The molecule has 5 rings (SSSR count). The number of aromatic hydroxyl groups is 1. The normalized spacial score (nSPS) is 25.8. The van der Waals surface area contributed by atoms with Gasteiger partial charge in [-0.2, -0.15) is 0 Å². The van der Waals surface area contributed by atoms with Crippen LogP contribution in [0.25, 0.3) is 11.1 Å². The van der Waals surface area contributed by atoms with Crippen LogP contribution in [0.1, 0.15) is 37.2 Å². The van der Waals surface area contributed by atoms with Crippen LogP contribution in [0.2, 0.25) is 0 Å². The number of ether oxygens (including phenoxy) is 6. The molecule has 1 fully saturated rings. The molecule has 1 N–H and O–H groups in total. The van der Waals surface area contributed by atoms with Crippen molar-refractivity contribution in [2.75, 3.05) is 28.1 Å². The minimum atomic E-state index is -0.204. The summed E-state index contributed by atoms with van der Waals surface area (Å²) in [6, 6.07) is 3.69. The summed E-state index contributed by atoms with van der Waals surface area (Å²) in [5.41, 5.74) is 3.42. The summed E-state index contributed by atoms with van der Waals surface area (Å²) in [5.74, 6) is 2.99. The molecule has 3 aliphatic heterocycles. The molecule has 3 aliphatic rings. The van der Waals surface area contributed by atoms with Gasteiger partial charge in [0.05, 0.1) is 33.5 Å². The van der Waals surface area contributed by atoms with Gasteiger partial charge in [-0.1, -0.05) is 13.8 Å². The average molecular weight is 400 g/mol. The van der Waals surface area contributed by atoms with E-state index in [9.17, 15) is 5.11 Å². The Hall–Kier alpha value is -2.80. The SMILES string of the molecule is COc1c(O)cc2c(c1OC)-c1c(cc3c(c1OC)OCO3)[C@H]1O[C@@H]2[C@@H](C)[C@H]1C. The van der Waals surface area contributed by atoms with Crippen molar-refractivity contribution in [3.8, 4) is 45.6 Å². The smallest absolute Gasteiger partial charge is 0.231 e. The third kappa shape index (κ3) is 2.28. The third-order valence-electron chi connectivity index (χ3n) is 6.45. The Morgan fingerprint density at radius 3 is 2.03 bits per heavy atom. The van der Waals surface area contributed by atoms with Crippen molar-refractivity contribution in [3.63, 3.8) is 0 Å². The first-order valence-electron chi connectivity index (χ1n) is 9.65. The largest absolute Gasteiger partial charge is 0.504 e. The lowest BCUT2D eigenvalue weighted by Gasteiger charge is -2.27. The Labute approximate surface area is 169 Å². The Kier molecular flexibility index (Phi) is 4.00. The maximum Gasteiger partial charge on any atom is 0.231 e. The quantitative estimate of drug-likeness (QED) is 0.827. The molecule has 0 aliphatic carbocycles. The highest BCUT2D eigenvalue weighted by Crippen LogP contribution is 2.63. The van der Waals surface area contributed by atoms with Gasteiger partial charge >= 0.3 is 0 Å². The minimum absolute atomic E-state index is 0.0122. The Bertz CT molecular complexity index is 983. The number of phenolic OH excluding ortho intramolecular Hbond substituents is 1. The van der Waals surface area contributed by atoms with Gasteiger partial charge in [0.25, 0.3) is 0 Å². The van der Waals surface area contributed by atoms with E-state index >= 15 is 0 Å². The molecule has 0 spiro atoms. The van der Waals surface area contributed by atoms with E-state index in [2.05, 4.69) is 13.8 Å². The van der Waals surface area contributed by atoms with Gasteiger partial charge in [-0.05, 0) is 35.1 Å². The number of methoxy groups -OCH3 is 3. The second-order valence-electron chi connectivity index (χ2n) is 7.73. The van der Waals surface area contributed by atoms with E-state index in [1.807, 2.05) is 6.07 Å². The average Bonchev–Trinajstić information content (AvgIpc) is 3.26. The topological polar surface area (TPSA) is 75.6 Å². The molecule has 4 atom stereocenters. The maximum absolute atomic E-state index is 10.6. The van der Waals surface area contributed by atoms with Gasteiger partial charge in [-0.3, -0.25) is 0 Å². The van der Waals surface area contributed by atoms with Crippen molar-refractivity contribution in [3.05, 3.63) is 23.3 Å². The number of hydrogen-bond acceptors (Lipinski definition) is 7.